The molecule has 2 atom stereocenters. The molecule has 0 aromatic carbocycles. The molecule has 0 unspecified atom stereocenters. The van der Waals surface area contributed by atoms with Crippen LogP contribution >= 0.6 is 0 Å². The number of H-pyrrole nitrogens is 1. The van der Waals surface area contributed by atoms with E-state index in [9.17, 15) is 19.8 Å². The van der Waals surface area contributed by atoms with E-state index < -0.39 is 18.0 Å². The fourth-order valence-corrected chi connectivity index (χ4v) is 2.81. The Labute approximate surface area is 145 Å². The van der Waals surface area contributed by atoms with E-state index in [0.29, 0.717) is 18.6 Å². The summed E-state index contributed by atoms with van der Waals surface area (Å²) >= 11 is 0. The Morgan fingerprint density at radius 1 is 1.60 bits per heavy atom. The number of aromatic amines is 1. The number of ether oxygens (including phenoxy) is 1. The van der Waals surface area contributed by atoms with Gasteiger partial charge in [0.05, 0.1) is 32.4 Å². The van der Waals surface area contributed by atoms with Gasteiger partial charge in [-0.05, 0) is 6.92 Å². The van der Waals surface area contributed by atoms with Crippen molar-refractivity contribution < 1.29 is 24.5 Å². The number of likely N-dealkylation sites (N-methyl/N-ethyl adjacent to an activating group) is 1. The minimum atomic E-state index is -1.03. The average molecular weight is 352 g/mol. The van der Waals surface area contributed by atoms with Crippen molar-refractivity contribution in [3.8, 4) is 0 Å². The van der Waals surface area contributed by atoms with Gasteiger partial charge in [0.1, 0.15) is 0 Å². The number of fused-ring (bicyclic) bond motifs is 1. The third-order valence-corrected chi connectivity index (χ3v) is 4.39. The number of nitrogens with zero attached hydrogens (tertiary/aromatic N) is 3. The number of aliphatic hydroxyl groups is 1. The lowest BCUT2D eigenvalue weighted by molar-refractivity contribution is 0.0394. The van der Waals surface area contributed by atoms with Crippen molar-refractivity contribution in [2.45, 2.75) is 32.0 Å². The minimum absolute atomic E-state index is 0.105. The van der Waals surface area contributed by atoms with Crippen LogP contribution in [-0.4, -0.2) is 81.2 Å². The zero-order valence-corrected chi connectivity index (χ0v) is 14.4. The van der Waals surface area contributed by atoms with Crippen LogP contribution in [0.2, 0.25) is 0 Å². The van der Waals surface area contributed by atoms with Gasteiger partial charge in [0.2, 0.25) is 0 Å². The highest BCUT2D eigenvalue weighted by molar-refractivity contribution is 5.94. The van der Waals surface area contributed by atoms with Gasteiger partial charge in [-0.15, -0.1) is 6.58 Å². The number of nitrogens with one attached hydrogen (secondary N) is 1. The number of rotatable bonds is 7. The number of amides is 2. The van der Waals surface area contributed by atoms with Gasteiger partial charge in [-0.1, -0.05) is 6.08 Å². The van der Waals surface area contributed by atoms with Crippen LogP contribution in [0.1, 0.15) is 28.7 Å². The summed E-state index contributed by atoms with van der Waals surface area (Å²) in [5.41, 5.74) is 1.53. The first-order valence-electron chi connectivity index (χ1n) is 8.03. The maximum absolute atomic E-state index is 12.8. The number of carbonyl (C=O) groups excluding carboxylic acids is 1. The van der Waals surface area contributed by atoms with Crippen LogP contribution in [0.4, 0.5) is 4.79 Å². The van der Waals surface area contributed by atoms with Crippen molar-refractivity contribution in [1.82, 2.24) is 20.0 Å². The van der Waals surface area contributed by atoms with Crippen molar-refractivity contribution in [1.29, 1.82) is 0 Å². The van der Waals surface area contributed by atoms with Crippen molar-refractivity contribution >= 4 is 12.0 Å². The molecular weight excluding hydrogens is 328 g/mol. The van der Waals surface area contributed by atoms with Crippen molar-refractivity contribution in [3.63, 3.8) is 0 Å². The predicted octanol–water partition coefficient (Wildman–Crippen LogP) is 0.470. The Hall–Kier alpha value is -2.39. The van der Waals surface area contributed by atoms with E-state index in [1.54, 1.807) is 13.1 Å². The molecule has 1 aromatic heterocycles. The standard InChI is InChI=1S/C16H24N4O5/c1-4-5-25-9-11(8-21)19(3)15(22)14-12-7-20(16(23)24)10(2)6-13(12)17-18-14/h4,10-11,21H,1,5-9H2,2-3H3,(H,17,18)(H,23,24)/t10-,11+/m1/s1. The van der Waals surface area contributed by atoms with Gasteiger partial charge in [-0.3, -0.25) is 9.89 Å². The van der Waals surface area contributed by atoms with Crippen LogP contribution in [-0.2, 0) is 17.7 Å². The highest BCUT2D eigenvalue weighted by Crippen LogP contribution is 2.25. The van der Waals surface area contributed by atoms with Gasteiger partial charge in [0, 0.05) is 30.8 Å². The Morgan fingerprint density at radius 3 is 2.92 bits per heavy atom. The molecule has 9 heteroatoms. The lowest BCUT2D eigenvalue weighted by Crippen LogP contribution is -2.44. The molecule has 1 aliphatic heterocycles. The summed E-state index contributed by atoms with van der Waals surface area (Å²) in [6, 6.07) is -0.721. The van der Waals surface area contributed by atoms with E-state index in [-0.39, 0.29) is 31.5 Å². The van der Waals surface area contributed by atoms with Crippen LogP contribution < -0.4 is 0 Å². The van der Waals surface area contributed by atoms with E-state index in [0.717, 1.165) is 5.69 Å². The van der Waals surface area contributed by atoms with Crippen molar-refractivity contribution in [2.75, 3.05) is 26.9 Å². The normalized spacial score (nSPS) is 17.7. The average Bonchev–Trinajstić information content (AvgIpc) is 2.99. The molecule has 25 heavy (non-hydrogen) atoms. The second kappa shape index (κ2) is 8.13. The van der Waals surface area contributed by atoms with Gasteiger partial charge in [-0.2, -0.15) is 5.10 Å². The molecule has 0 fully saturated rings. The molecule has 0 bridgehead atoms. The van der Waals surface area contributed by atoms with Crippen LogP contribution in [0, 0.1) is 0 Å². The van der Waals surface area contributed by atoms with E-state index in [4.69, 9.17) is 4.74 Å². The summed E-state index contributed by atoms with van der Waals surface area (Å²) in [7, 11) is 1.56. The minimum Gasteiger partial charge on any atom is -0.465 e. The largest absolute Gasteiger partial charge is 0.465 e. The van der Waals surface area contributed by atoms with E-state index in [2.05, 4.69) is 16.8 Å². The van der Waals surface area contributed by atoms with Gasteiger partial charge in [0.15, 0.2) is 5.69 Å². The SMILES string of the molecule is C=CCOC[C@H](CO)N(C)C(=O)c1n[nH]c2c1CN(C(=O)O)[C@H](C)C2. The van der Waals surface area contributed by atoms with E-state index in [1.807, 2.05) is 6.92 Å². The Balaban J connectivity index is 2.17. The summed E-state index contributed by atoms with van der Waals surface area (Å²) in [6.45, 7) is 5.68. The van der Waals surface area contributed by atoms with Crippen LogP contribution in [0.3, 0.4) is 0 Å². The molecule has 2 amide bonds. The van der Waals surface area contributed by atoms with E-state index in [1.165, 1.54) is 9.80 Å². The zero-order chi connectivity index (χ0) is 18.6. The van der Waals surface area contributed by atoms with Gasteiger partial charge in [-0.25, -0.2) is 4.79 Å². The first kappa shape index (κ1) is 18.9. The third kappa shape index (κ3) is 3.99. The lowest BCUT2D eigenvalue weighted by atomic mass is 9.99. The Morgan fingerprint density at radius 2 is 2.32 bits per heavy atom. The number of carboxylic acid groups (broad SMARTS) is 1. The smallest absolute Gasteiger partial charge is 0.407 e. The summed E-state index contributed by atoms with van der Waals surface area (Å²) < 4.78 is 5.31. The zero-order valence-electron chi connectivity index (χ0n) is 14.4. The molecule has 0 saturated heterocycles. The number of carbonyl (C=O) groups is 2. The molecule has 0 radical (unpaired) electrons. The molecule has 0 aliphatic carbocycles. The number of hydrogen-bond donors (Lipinski definition) is 3. The van der Waals surface area contributed by atoms with Gasteiger partial charge >= 0.3 is 6.09 Å². The highest BCUT2D eigenvalue weighted by Gasteiger charge is 2.33. The van der Waals surface area contributed by atoms with E-state index >= 15 is 0 Å². The number of hydrogen-bond acceptors (Lipinski definition) is 5. The molecule has 138 valence electrons. The van der Waals surface area contributed by atoms with Crippen LogP contribution in [0.15, 0.2) is 12.7 Å². The molecule has 9 nitrogen and oxygen atoms in total. The van der Waals surface area contributed by atoms with Gasteiger partial charge < -0.3 is 24.7 Å². The molecule has 0 spiro atoms. The predicted molar refractivity (Wildman–Crippen MR) is 89.3 cm³/mol. The third-order valence-electron chi connectivity index (χ3n) is 4.39. The fraction of sp³-hybridized carbons (Fsp3) is 0.562. The molecular formula is C16H24N4O5. The van der Waals surface area contributed by atoms with Crippen LogP contribution in [0.25, 0.3) is 0 Å². The molecule has 3 N–H and O–H groups in total. The summed E-state index contributed by atoms with van der Waals surface area (Å²) in [5, 5.41) is 25.7. The second-order valence-electron chi connectivity index (χ2n) is 6.07. The quantitative estimate of drug-likeness (QED) is 0.485. The Bertz CT molecular complexity index is 644. The topological polar surface area (TPSA) is 119 Å². The number of aromatic nitrogens is 2. The maximum Gasteiger partial charge on any atom is 0.407 e. The number of aliphatic hydroxyl groups excluding tert-OH is 1. The highest BCUT2D eigenvalue weighted by atomic mass is 16.5. The van der Waals surface area contributed by atoms with Crippen LogP contribution in [0.5, 0.6) is 0 Å². The fourth-order valence-electron chi connectivity index (χ4n) is 2.81. The summed E-state index contributed by atoms with van der Waals surface area (Å²) in [6.07, 6.45) is 1.02. The van der Waals surface area contributed by atoms with Crippen molar-refractivity contribution in [3.05, 3.63) is 29.6 Å². The van der Waals surface area contributed by atoms with Gasteiger partial charge in [0.25, 0.3) is 5.91 Å². The molecule has 0 saturated carbocycles. The molecule has 2 rings (SSSR count). The molecule has 1 aromatic rings. The molecule has 1 aliphatic rings. The maximum atomic E-state index is 12.8. The first-order valence-corrected chi connectivity index (χ1v) is 8.03. The molecule has 2 heterocycles. The summed E-state index contributed by atoms with van der Waals surface area (Å²) in [4.78, 5) is 26.8. The Kier molecular flexibility index (Phi) is 6.16. The lowest BCUT2D eigenvalue weighted by Gasteiger charge is -2.31. The second-order valence-corrected chi connectivity index (χ2v) is 6.07. The van der Waals surface area contributed by atoms with Crippen molar-refractivity contribution in [2.24, 2.45) is 0 Å². The first-order chi connectivity index (χ1) is 11.9. The monoisotopic (exact) mass is 352 g/mol. The summed E-state index contributed by atoms with van der Waals surface area (Å²) in [5.74, 6) is -0.390.